The van der Waals surface area contributed by atoms with E-state index in [1.165, 1.54) is 334 Å². The molecule has 0 aromatic carbocycles. The van der Waals surface area contributed by atoms with Crippen LogP contribution in [0.1, 0.15) is 412 Å². The van der Waals surface area contributed by atoms with Crippen molar-refractivity contribution in [3.63, 3.8) is 0 Å². The van der Waals surface area contributed by atoms with E-state index in [0.29, 0.717) is 25.9 Å². The predicted molar refractivity (Wildman–Crippen MR) is 343 cm³/mol. The van der Waals surface area contributed by atoms with Crippen LogP contribution in [0.25, 0.3) is 0 Å². The number of unbranched alkanes of at least 4 members (excludes halogenated alkanes) is 55. The second-order valence-electron chi connectivity index (χ2n) is 24.9. The van der Waals surface area contributed by atoms with Gasteiger partial charge < -0.3 is 20.3 Å². The van der Waals surface area contributed by atoms with E-state index >= 15 is 0 Å². The van der Waals surface area contributed by atoms with Crippen LogP contribution in [0.5, 0.6) is 0 Å². The van der Waals surface area contributed by atoms with Gasteiger partial charge in [0.1, 0.15) is 0 Å². The zero-order valence-corrected chi connectivity index (χ0v) is 53.2. The Morgan fingerprint density at radius 3 is 0.910 bits per heavy atom. The van der Waals surface area contributed by atoms with Crippen molar-refractivity contribution in [1.29, 1.82) is 0 Å². The Kier molecular flexibility index (Phi) is 66.9. The molecule has 6 heteroatoms. The zero-order valence-electron chi connectivity index (χ0n) is 53.2. The van der Waals surface area contributed by atoms with Crippen LogP contribution in [-0.2, 0) is 14.3 Å². The number of carbonyl (C=O) groups excluding carboxylic acids is 2. The van der Waals surface area contributed by atoms with Gasteiger partial charge in [-0.1, -0.05) is 360 Å². The zero-order chi connectivity index (χ0) is 56.4. The highest BCUT2D eigenvalue weighted by Crippen LogP contribution is 2.19. The van der Waals surface area contributed by atoms with Gasteiger partial charge in [0, 0.05) is 12.8 Å². The van der Waals surface area contributed by atoms with E-state index in [-0.39, 0.29) is 18.5 Å². The first-order valence-corrected chi connectivity index (χ1v) is 35.9. The van der Waals surface area contributed by atoms with Crippen LogP contribution in [-0.4, -0.2) is 47.4 Å². The molecule has 0 bridgehead atoms. The topological polar surface area (TPSA) is 95.9 Å². The van der Waals surface area contributed by atoms with Gasteiger partial charge in [-0.05, 0) is 51.4 Å². The molecule has 0 aliphatic heterocycles. The summed E-state index contributed by atoms with van der Waals surface area (Å²) in [5, 5.41) is 23.4. The molecule has 3 N–H and O–H groups in total. The Morgan fingerprint density at radius 2 is 0.603 bits per heavy atom. The Morgan fingerprint density at radius 1 is 0.346 bits per heavy atom. The van der Waals surface area contributed by atoms with Crippen molar-refractivity contribution in [2.45, 2.75) is 424 Å². The van der Waals surface area contributed by atoms with Gasteiger partial charge in [0.25, 0.3) is 0 Å². The number of amides is 1. The number of allylic oxidation sites excluding steroid dienone is 2. The fourth-order valence-corrected chi connectivity index (χ4v) is 11.6. The molecule has 0 spiro atoms. The standard InChI is InChI=1S/C72H141NO5/c1-3-5-7-9-11-13-15-17-19-20-21-22-24-27-30-33-37-40-44-48-52-56-60-64-70(75)69(68-74)73-71(76)65-61-57-53-49-45-41-38-34-31-28-25-23-26-29-32-35-39-43-47-51-55-59-63-67-78-72(77)66-62-58-54-50-46-42-36-18-16-14-12-10-8-6-4-2/h18,36,69-70,74-75H,3-17,19-35,37-68H2,1-2H3,(H,73,76)/b36-18-. The van der Waals surface area contributed by atoms with Gasteiger partial charge >= 0.3 is 5.97 Å². The van der Waals surface area contributed by atoms with Crippen molar-refractivity contribution in [2.75, 3.05) is 13.2 Å². The SMILES string of the molecule is CCCCCCCC/C=C\CCCCCCCC(=O)OCCCCCCCCCCCCCCCCCCCCCCCCCC(=O)NC(CO)C(O)CCCCCCCCCCCCCCCCCCCCCCCCC. The van der Waals surface area contributed by atoms with E-state index in [1.54, 1.807) is 0 Å². The van der Waals surface area contributed by atoms with Crippen LogP contribution in [0, 0.1) is 0 Å². The highest BCUT2D eigenvalue weighted by molar-refractivity contribution is 5.76. The monoisotopic (exact) mass is 1100 g/mol. The molecule has 0 aliphatic rings. The first kappa shape index (κ1) is 76.6. The quantitative estimate of drug-likeness (QED) is 0.0320. The van der Waals surface area contributed by atoms with Gasteiger partial charge in [0.05, 0.1) is 25.4 Å². The van der Waals surface area contributed by atoms with E-state index in [9.17, 15) is 19.8 Å². The van der Waals surface area contributed by atoms with Gasteiger partial charge in [-0.25, -0.2) is 0 Å². The summed E-state index contributed by atoms with van der Waals surface area (Å²) in [4.78, 5) is 24.6. The molecule has 0 heterocycles. The van der Waals surface area contributed by atoms with Crippen molar-refractivity contribution in [2.24, 2.45) is 0 Å². The molecule has 78 heavy (non-hydrogen) atoms. The molecule has 464 valence electrons. The number of rotatable bonds is 68. The number of esters is 1. The van der Waals surface area contributed by atoms with Gasteiger partial charge in [-0.3, -0.25) is 9.59 Å². The fraction of sp³-hybridized carbons (Fsp3) is 0.944. The van der Waals surface area contributed by atoms with Crippen molar-refractivity contribution in [3.8, 4) is 0 Å². The number of aliphatic hydroxyl groups is 2. The summed E-state index contributed by atoms with van der Waals surface area (Å²) in [5.74, 6) is -0.0214. The average Bonchev–Trinajstić information content (AvgIpc) is 3.44. The predicted octanol–water partition coefficient (Wildman–Crippen LogP) is 23.1. The lowest BCUT2D eigenvalue weighted by Crippen LogP contribution is -2.45. The Balaban J connectivity index is 3.37. The number of ether oxygens (including phenoxy) is 1. The highest BCUT2D eigenvalue weighted by Gasteiger charge is 2.20. The third kappa shape index (κ3) is 63.8. The maximum atomic E-state index is 12.6. The van der Waals surface area contributed by atoms with Crippen molar-refractivity contribution >= 4 is 11.9 Å². The molecule has 0 saturated heterocycles. The molecule has 2 unspecified atom stereocenters. The molecule has 0 saturated carbocycles. The average molecular weight is 1100 g/mol. The van der Waals surface area contributed by atoms with Crippen LogP contribution in [0.15, 0.2) is 12.2 Å². The number of hydrogen-bond acceptors (Lipinski definition) is 5. The van der Waals surface area contributed by atoms with Gasteiger partial charge in [0.15, 0.2) is 0 Å². The summed E-state index contributed by atoms with van der Waals surface area (Å²) in [6.45, 7) is 4.99. The van der Waals surface area contributed by atoms with E-state index in [0.717, 1.165) is 44.9 Å². The maximum Gasteiger partial charge on any atom is 0.305 e. The minimum atomic E-state index is -0.665. The molecule has 0 aromatic heterocycles. The van der Waals surface area contributed by atoms with Crippen LogP contribution in [0.2, 0.25) is 0 Å². The number of hydrogen-bond donors (Lipinski definition) is 3. The molecule has 6 nitrogen and oxygen atoms in total. The third-order valence-electron chi connectivity index (χ3n) is 17.1. The lowest BCUT2D eigenvalue weighted by molar-refractivity contribution is -0.143. The molecular weight excluding hydrogens is 959 g/mol. The molecule has 0 aromatic rings. The second kappa shape index (κ2) is 68.1. The summed E-state index contributed by atoms with van der Waals surface area (Å²) in [7, 11) is 0. The smallest absolute Gasteiger partial charge is 0.305 e. The molecule has 0 fully saturated rings. The van der Waals surface area contributed by atoms with Crippen molar-refractivity contribution in [3.05, 3.63) is 12.2 Å². The van der Waals surface area contributed by atoms with Crippen LogP contribution < -0.4 is 5.32 Å². The number of aliphatic hydroxyl groups excluding tert-OH is 2. The van der Waals surface area contributed by atoms with Gasteiger partial charge in [0.2, 0.25) is 5.91 Å². The number of nitrogens with one attached hydrogen (secondary N) is 1. The van der Waals surface area contributed by atoms with Gasteiger partial charge in [-0.2, -0.15) is 0 Å². The van der Waals surface area contributed by atoms with Crippen LogP contribution >= 0.6 is 0 Å². The third-order valence-corrected chi connectivity index (χ3v) is 17.1. The van der Waals surface area contributed by atoms with E-state index < -0.39 is 12.1 Å². The summed E-state index contributed by atoms with van der Waals surface area (Å²) in [5.41, 5.74) is 0. The molecule has 0 rings (SSSR count). The molecule has 1 amide bonds. The minimum Gasteiger partial charge on any atom is -0.466 e. The van der Waals surface area contributed by atoms with E-state index in [4.69, 9.17) is 4.74 Å². The van der Waals surface area contributed by atoms with E-state index in [1.807, 2.05) is 0 Å². The Labute approximate surface area is 489 Å². The highest BCUT2D eigenvalue weighted by atomic mass is 16.5. The normalized spacial score (nSPS) is 12.5. The van der Waals surface area contributed by atoms with Crippen molar-refractivity contribution < 1.29 is 24.5 Å². The molecular formula is C72H141NO5. The lowest BCUT2D eigenvalue weighted by atomic mass is 10.0. The summed E-state index contributed by atoms with van der Waals surface area (Å²) in [6, 6.07) is -0.542. The largest absolute Gasteiger partial charge is 0.466 e. The maximum absolute atomic E-state index is 12.6. The van der Waals surface area contributed by atoms with Crippen LogP contribution in [0.3, 0.4) is 0 Å². The van der Waals surface area contributed by atoms with Crippen LogP contribution in [0.4, 0.5) is 0 Å². The molecule has 0 aliphatic carbocycles. The van der Waals surface area contributed by atoms with E-state index in [2.05, 4.69) is 31.3 Å². The number of carbonyl (C=O) groups is 2. The second-order valence-corrected chi connectivity index (χ2v) is 24.9. The molecule has 2 atom stereocenters. The fourth-order valence-electron chi connectivity index (χ4n) is 11.6. The summed E-state index contributed by atoms with van der Waals surface area (Å²) < 4.78 is 5.49. The van der Waals surface area contributed by atoms with Gasteiger partial charge in [-0.15, -0.1) is 0 Å². The Bertz CT molecular complexity index is 1180. The summed E-state index contributed by atoms with van der Waals surface area (Å²) in [6.07, 6.45) is 84.0. The summed E-state index contributed by atoms with van der Waals surface area (Å²) >= 11 is 0. The minimum absolute atomic E-state index is 0.00780. The van der Waals surface area contributed by atoms with Crippen molar-refractivity contribution in [1.82, 2.24) is 5.32 Å². The first-order chi connectivity index (χ1) is 38.5. The Hall–Kier alpha value is -1.40. The first-order valence-electron chi connectivity index (χ1n) is 35.9. The molecule has 0 radical (unpaired) electrons. The lowest BCUT2D eigenvalue weighted by Gasteiger charge is -2.22.